The molecule has 0 saturated heterocycles. The van der Waals surface area contributed by atoms with Crippen molar-refractivity contribution < 1.29 is 14.7 Å². The summed E-state index contributed by atoms with van der Waals surface area (Å²) in [6, 6.07) is 7.57. The van der Waals surface area contributed by atoms with Gasteiger partial charge in [-0.25, -0.2) is 4.68 Å². The SMILES string of the molecule is CCC(C)N(CC(=O)O)C(=O)c1cnn(-c2ccccc2C)c1. The normalized spacial score (nSPS) is 12.0. The summed E-state index contributed by atoms with van der Waals surface area (Å²) in [5, 5.41) is 13.3. The van der Waals surface area contributed by atoms with E-state index in [0.717, 1.165) is 11.3 Å². The molecule has 0 fully saturated rings. The zero-order valence-electron chi connectivity index (χ0n) is 13.6. The first kappa shape index (κ1) is 16.7. The number of carboxylic acid groups (broad SMARTS) is 1. The Bertz CT molecular complexity index is 709. The maximum absolute atomic E-state index is 12.6. The molecule has 2 rings (SSSR count). The Hall–Kier alpha value is -2.63. The van der Waals surface area contributed by atoms with Gasteiger partial charge in [-0.05, 0) is 31.9 Å². The van der Waals surface area contributed by atoms with Crippen LogP contribution in [-0.2, 0) is 4.79 Å². The summed E-state index contributed by atoms with van der Waals surface area (Å²) in [5.74, 6) is -1.34. The van der Waals surface area contributed by atoms with Gasteiger partial charge in [-0.3, -0.25) is 9.59 Å². The van der Waals surface area contributed by atoms with Crippen LogP contribution >= 0.6 is 0 Å². The number of carbonyl (C=O) groups excluding carboxylic acids is 1. The van der Waals surface area contributed by atoms with Crippen LogP contribution in [-0.4, -0.2) is 44.3 Å². The van der Waals surface area contributed by atoms with Gasteiger partial charge in [-0.1, -0.05) is 25.1 Å². The fourth-order valence-corrected chi connectivity index (χ4v) is 2.35. The third kappa shape index (κ3) is 3.77. The molecule has 0 radical (unpaired) electrons. The Kier molecular flexibility index (Phi) is 5.16. The van der Waals surface area contributed by atoms with E-state index in [0.29, 0.717) is 12.0 Å². The van der Waals surface area contributed by atoms with Crippen molar-refractivity contribution in [3.63, 3.8) is 0 Å². The molecule has 1 amide bonds. The molecule has 1 N–H and O–H groups in total. The lowest BCUT2D eigenvalue weighted by Gasteiger charge is -2.26. The zero-order chi connectivity index (χ0) is 17.0. The summed E-state index contributed by atoms with van der Waals surface area (Å²) in [5.41, 5.74) is 2.31. The minimum atomic E-state index is -1.02. The second-order valence-corrected chi connectivity index (χ2v) is 5.54. The first-order valence-corrected chi connectivity index (χ1v) is 7.57. The molecule has 1 aromatic carbocycles. The highest BCUT2D eigenvalue weighted by Crippen LogP contribution is 2.15. The average Bonchev–Trinajstić information content (AvgIpc) is 3.01. The number of hydrogen-bond donors (Lipinski definition) is 1. The molecular weight excluding hydrogens is 294 g/mol. The maximum Gasteiger partial charge on any atom is 0.323 e. The van der Waals surface area contributed by atoms with E-state index in [9.17, 15) is 9.59 Å². The molecule has 1 unspecified atom stereocenters. The maximum atomic E-state index is 12.6. The van der Waals surface area contributed by atoms with Crippen LogP contribution < -0.4 is 0 Å². The van der Waals surface area contributed by atoms with Crippen LogP contribution in [0.3, 0.4) is 0 Å². The van der Waals surface area contributed by atoms with Gasteiger partial charge in [0, 0.05) is 12.2 Å². The number of aryl methyl sites for hydroxylation is 1. The molecular formula is C17H21N3O3. The molecule has 1 aromatic heterocycles. The number of aliphatic carboxylic acids is 1. The summed E-state index contributed by atoms with van der Waals surface area (Å²) >= 11 is 0. The Morgan fingerprint density at radius 3 is 2.65 bits per heavy atom. The predicted molar refractivity (Wildman–Crippen MR) is 86.7 cm³/mol. The molecule has 0 aliphatic carbocycles. The lowest BCUT2D eigenvalue weighted by Crippen LogP contribution is -2.41. The van der Waals surface area contributed by atoms with Crippen molar-refractivity contribution in [1.29, 1.82) is 0 Å². The van der Waals surface area contributed by atoms with Crippen LogP contribution in [0, 0.1) is 6.92 Å². The highest BCUT2D eigenvalue weighted by molar-refractivity contribution is 5.95. The number of para-hydroxylation sites is 1. The first-order chi connectivity index (χ1) is 10.9. The van der Waals surface area contributed by atoms with Gasteiger partial charge in [-0.2, -0.15) is 5.10 Å². The molecule has 1 atom stereocenters. The quantitative estimate of drug-likeness (QED) is 0.888. The van der Waals surface area contributed by atoms with Crippen molar-refractivity contribution >= 4 is 11.9 Å². The molecule has 6 nitrogen and oxygen atoms in total. The Morgan fingerprint density at radius 2 is 2.04 bits per heavy atom. The molecule has 1 heterocycles. The van der Waals surface area contributed by atoms with Crippen LogP contribution in [0.2, 0.25) is 0 Å². The van der Waals surface area contributed by atoms with Crippen molar-refractivity contribution in [1.82, 2.24) is 14.7 Å². The monoisotopic (exact) mass is 315 g/mol. The van der Waals surface area contributed by atoms with Crippen molar-refractivity contribution in [2.75, 3.05) is 6.54 Å². The van der Waals surface area contributed by atoms with Gasteiger partial charge in [0.15, 0.2) is 0 Å². The van der Waals surface area contributed by atoms with Gasteiger partial charge in [-0.15, -0.1) is 0 Å². The highest BCUT2D eigenvalue weighted by atomic mass is 16.4. The molecule has 2 aromatic rings. The smallest absolute Gasteiger partial charge is 0.323 e. The van der Waals surface area contributed by atoms with Crippen LogP contribution in [0.4, 0.5) is 0 Å². The van der Waals surface area contributed by atoms with Gasteiger partial charge in [0.1, 0.15) is 6.54 Å². The summed E-state index contributed by atoms with van der Waals surface area (Å²) < 4.78 is 1.64. The van der Waals surface area contributed by atoms with Crippen molar-refractivity contribution in [2.45, 2.75) is 33.2 Å². The third-order valence-electron chi connectivity index (χ3n) is 3.88. The van der Waals surface area contributed by atoms with E-state index in [-0.39, 0.29) is 18.5 Å². The van der Waals surface area contributed by atoms with E-state index >= 15 is 0 Å². The Morgan fingerprint density at radius 1 is 1.35 bits per heavy atom. The molecule has 0 spiro atoms. The number of amides is 1. The number of rotatable bonds is 6. The van der Waals surface area contributed by atoms with Gasteiger partial charge < -0.3 is 10.0 Å². The number of aromatic nitrogens is 2. The Labute approximate surface area is 135 Å². The van der Waals surface area contributed by atoms with Gasteiger partial charge >= 0.3 is 5.97 Å². The summed E-state index contributed by atoms with van der Waals surface area (Å²) in [6.07, 6.45) is 3.80. The lowest BCUT2D eigenvalue weighted by atomic mass is 10.2. The van der Waals surface area contributed by atoms with Gasteiger partial charge in [0.25, 0.3) is 5.91 Å². The third-order valence-corrected chi connectivity index (χ3v) is 3.88. The molecule has 0 aliphatic heterocycles. The molecule has 6 heteroatoms. The van der Waals surface area contributed by atoms with Crippen molar-refractivity contribution in [2.24, 2.45) is 0 Å². The minimum absolute atomic E-state index is 0.152. The van der Waals surface area contributed by atoms with E-state index in [4.69, 9.17) is 5.11 Å². The average molecular weight is 315 g/mol. The second kappa shape index (κ2) is 7.09. The largest absolute Gasteiger partial charge is 0.480 e. The topological polar surface area (TPSA) is 75.4 Å². The minimum Gasteiger partial charge on any atom is -0.480 e. The number of benzene rings is 1. The lowest BCUT2D eigenvalue weighted by molar-refractivity contribution is -0.138. The predicted octanol–water partition coefficient (Wildman–Crippen LogP) is 2.51. The number of carboxylic acids is 1. The molecule has 0 saturated carbocycles. The number of nitrogens with zero attached hydrogens (tertiary/aromatic N) is 3. The summed E-state index contributed by atoms with van der Waals surface area (Å²) in [6.45, 7) is 5.41. The standard InChI is InChI=1S/C17H21N3O3/c1-4-13(3)19(11-16(21)22)17(23)14-9-18-20(10-14)15-8-6-5-7-12(15)2/h5-10,13H,4,11H2,1-3H3,(H,21,22). The fraction of sp³-hybridized carbons (Fsp3) is 0.353. The number of hydrogen-bond acceptors (Lipinski definition) is 3. The van der Waals surface area contributed by atoms with E-state index in [1.54, 1.807) is 10.9 Å². The van der Waals surface area contributed by atoms with Gasteiger partial charge in [0.2, 0.25) is 0 Å². The van der Waals surface area contributed by atoms with Crippen LogP contribution in [0.5, 0.6) is 0 Å². The Balaban J connectivity index is 2.29. The fourth-order valence-electron chi connectivity index (χ4n) is 2.35. The first-order valence-electron chi connectivity index (χ1n) is 7.57. The molecule has 23 heavy (non-hydrogen) atoms. The molecule has 0 bridgehead atoms. The van der Waals surface area contributed by atoms with Crippen LogP contribution in [0.25, 0.3) is 5.69 Å². The van der Waals surface area contributed by atoms with Crippen LogP contribution in [0.15, 0.2) is 36.7 Å². The molecule has 122 valence electrons. The summed E-state index contributed by atoms with van der Waals surface area (Å²) in [7, 11) is 0. The van der Waals surface area contributed by atoms with Gasteiger partial charge in [0.05, 0.1) is 17.4 Å². The second-order valence-electron chi connectivity index (χ2n) is 5.54. The van der Waals surface area contributed by atoms with E-state index in [1.807, 2.05) is 45.0 Å². The van der Waals surface area contributed by atoms with E-state index in [1.165, 1.54) is 11.1 Å². The molecule has 0 aliphatic rings. The van der Waals surface area contributed by atoms with Crippen molar-refractivity contribution in [3.05, 3.63) is 47.8 Å². The number of carbonyl (C=O) groups is 2. The highest BCUT2D eigenvalue weighted by Gasteiger charge is 2.24. The summed E-state index contributed by atoms with van der Waals surface area (Å²) in [4.78, 5) is 25.0. The van der Waals surface area contributed by atoms with E-state index < -0.39 is 5.97 Å². The van der Waals surface area contributed by atoms with Crippen molar-refractivity contribution in [3.8, 4) is 5.69 Å². The zero-order valence-corrected chi connectivity index (χ0v) is 13.6. The van der Waals surface area contributed by atoms with Crippen LogP contribution in [0.1, 0.15) is 36.2 Å². The van der Waals surface area contributed by atoms with E-state index in [2.05, 4.69) is 5.10 Å².